The van der Waals surface area contributed by atoms with Crippen molar-refractivity contribution in [3.8, 4) is 0 Å². The molecule has 5 nitrogen and oxygen atoms in total. The van der Waals surface area contributed by atoms with Crippen LogP contribution in [0.1, 0.15) is 31.1 Å². The van der Waals surface area contributed by atoms with Crippen LogP contribution in [0.15, 0.2) is 6.33 Å². The van der Waals surface area contributed by atoms with Crippen LogP contribution in [0.5, 0.6) is 0 Å². The minimum atomic E-state index is 0.137. The van der Waals surface area contributed by atoms with Crippen LogP contribution in [0, 0.1) is 0 Å². The SMILES string of the molecule is OCCn1cnnc1C1CCCCN1. The molecule has 1 aliphatic rings. The Kier molecular flexibility index (Phi) is 3.10. The van der Waals surface area contributed by atoms with Gasteiger partial charge in [0.25, 0.3) is 0 Å². The fraction of sp³-hybridized carbons (Fsp3) is 0.778. The minimum Gasteiger partial charge on any atom is -0.395 e. The highest BCUT2D eigenvalue weighted by molar-refractivity contribution is 4.96. The summed E-state index contributed by atoms with van der Waals surface area (Å²) < 4.78 is 1.92. The highest BCUT2D eigenvalue weighted by Gasteiger charge is 2.19. The second kappa shape index (κ2) is 4.52. The van der Waals surface area contributed by atoms with Gasteiger partial charge in [0.15, 0.2) is 0 Å². The smallest absolute Gasteiger partial charge is 0.150 e. The monoisotopic (exact) mass is 196 g/mol. The van der Waals surface area contributed by atoms with Crippen LogP contribution in [0.4, 0.5) is 0 Å². The average molecular weight is 196 g/mol. The molecule has 2 N–H and O–H groups in total. The van der Waals surface area contributed by atoms with Gasteiger partial charge in [-0.25, -0.2) is 0 Å². The van der Waals surface area contributed by atoms with Gasteiger partial charge < -0.3 is 15.0 Å². The van der Waals surface area contributed by atoms with E-state index in [1.54, 1.807) is 6.33 Å². The third kappa shape index (κ3) is 1.93. The van der Waals surface area contributed by atoms with E-state index in [0.717, 1.165) is 18.8 Å². The summed E-state index contributed by atoms with van der Waals surface area (Å²) >= 11 is 0. The van der Waals surface area contributed by atoms with E-state index in [2.05, 4.69) is 15.5 Å². The Bertz CT molecular complexity index is 280. The Labute approximate surface area is 83.2 Å². The van der Waals surface area contributed by atoms with Gasteiger partial charge in [-0.15, -0.1) is 10.2 Å². The zero-order valence-corrected chi connectivity index (χ0v) is 8.19. The van der Waals surface area contributed by atoms with Crippen molar-refractivity contribution in [2.24, 2.45) is 0 Å². The van der Waals surface area contributed by atoms with Gasteiger partial charge in [-0.1, -0.05) is 6.42 Å². The van der Waals surface area contributed by atoms with E-state index < -0.39 is 0 Å². The van der Waals surface area contributed by atoms with Gasteiger partial charge in [0, 0.05) is 6.54 Å². The number of hydrogen-bond donors (Lipinski definition) is 2. The Morgan fingerprint density at radius 3 is 3.21 bits per heavy atom. The van der Waals surface area contributed by atoms with Gasteiger partial charge in [-0.05, 0) is 19.4 Å². The van der Waals surface area contributed by atoms with Gasteiger partial charge in [0.1, 0.15) is 12.2 Å². The summed E-state index contributed by atoms with van der Waals surface area (Å²) in [5, 5.41) is 20.3. The van der Waals surface area contributed by atoms with Crippen LogP contribution < -0.4 is 5.32 Å². The highest BCUT2D eigenvalue weighted by Crippen LogP contribution is 2.20. The molecule has 0 bridgehead atoms. The summed E-state index contributed by atoms with van der Waals surface area (Å²) in [4.78, 5) is 0. The van der Waals surface area contributed by atoms with Crippen LogP contribution in [0.25, 0.3) is 0 Å². The van der Waals surface area contributed by atoms with Crippen LogP contribution in [-0.2, 0) is 6.54 Å². The topological polar surface area (TPSA) is 63.0 Å². The molecule has 78 valence electrons. The second-order valence-corrected chi connectivity index (χ2v) is 3.61. The standard InChI is InChI=1S/C9H16N4O/c14-6-5-13-7-11-12-9(13)8-3-1-2-4-10-8/h7-8,10,14H,1-6H2. The van der Waals surface area contributed by atoms with E-state index in [4.69, 9.17) is 5.11 Å². The molecule has 1 aliphatic heterocycles. The molecule has 1 saturated heterocycles. The summed E-state index contributed by atoms with van der Waals surface area (Å²) in [7, 11) is 0. The van der Waals surface area contributed by atoms with Gasteiger partial charge in [-0.2, -0.15) is 0 Å². The highest BCUT2D eigenvalue weighted by atomic mass is 16.3. The summed E-state index contributed by atoms with van der Waals surface area (Å²) in [5.74, 6) is 0.957. The van der Waals surface area contributed by atoms with Crippen LogP contribution in [-0.4, -0.2) is 33.0 Å². The molecule has 0 aliphatic carbocycles. The number of aliphatic hydroxyl groups is 1. The van der Waals surface area contributed by atoms with Crippen molar-refractivity contribution in [1.29, 1.82) is 0 Å². The number of nitrogens with zero attached hydrogens (tertiary/aromatic N) is 3. The molecule has 0 spiro atoms. The van der Waals surface area contributed by atoms with E-state index in [1.165, 1.54) is 12.8 Å². The third-order valence-corrected chi connectivity index (χ3v) is 2.61. The maximum Gasteiger partial charge on any atom is 0.150 e. The summed E-state index contributed by atoms with van der Waals surface area (Å²) in [6.45, 7) is 1.77. The summed E-state index contributed by atoms with van der Waals surface area (Å²) in [6, 6.07) is 0.317. The molecule has 1 fully saturated rings. The van der Waals surface area contributed by atoms with Crippen molar-refractivity contribution >= 4 is 0 Å². The molecule has 0 amide bonds. The Morgan fingerprint density at radius 2 is 2.50 bits per heavy atom. The first-order valence-electron chi connectivity index (χ1n) is 5.14. The Hall–Kier alpha value is -0.940. The van der Waals surface area contributed by atoms with Crippen molar-refractivity contribution in [2.75, 3.05) is 13.2 Å². The van der Waals surface area contributed by atoms with Crippen molar-refractivity contribution < 1.29 is 5.11 Å². The second-order valence-electron chi connectivity index (χ2n) is 3.61. The molecule has 1 aromatic heterocycles. The fourth-order valence-electron chi connectivity index (χ4n) is 1.89. The number of aliphatic hydroxyl groups excluding tert-OH is 1. The van der Waals surface area contributed by atoms with Crippen LogP contribution in [0.2, 0.25) is 0 Å². The van der Waals surface area contributed by atoms with Gasteiger partial charge in [-0.3, -0.25) is 0 Å². The number of nitrogens with one attached hydrogen (secondary N) is 1. The number of aromatic nitrogens is 3. The van der Waals surface area contributed by atoms with Crippen LogP contribution >= 0.6 is 0 Å². The molecule has 0 radical (unpaired) electrons. The minimum absolute atomic E-state index is 0.137. The summed E-state index contributed by atoms with van der Waals surface area (Å²) in [6.07, 6.45) is 5.28. The first kappa shape index (κ1) is 9.61. The van der Waals surface area contributed by atoms with E-state index >= 15 is 0 Å². The van der Waals surface area contributed by atoms with Crippen molar-refractivity contribution in [1.82, 2.24) is 20.1 Å². The van der Waals surface area contributed by atoms with Crippen molar-refractivity contribution in [3.63, 3.8) is 0 Å². The lowest BCUT2D eigenvalue weighted by Gasteiger charge is -2.22. The quantitative estimate of drug-likeness (QED) is 0.719. The number of piperidine rings is 1. The molecular weight excluding hydrogens is 180 g/mol. The lowest BCUT2D eigenvalue weighted by atomic mass is 10.0. The molecular formula is C9H16N4O. The molecule has 0 saturated carbocycles. The molecule has 2 rings (SSSR count). The zero-order chi connectivity index (χ0) is 9.80. The molecule has 1 unspecified atom stereocenters. The number of rotatable bonds is 3. The summed E-state index contributed by atoms with van der Waals surface area (Å²) in [5.41, 5.74) is 0. The van der Waals surface area contributed by atoms with E-state index in [-0.39, 0.29) is 6.61 Å². The lowest BCUT2D eigenvalue weighted by molar-refractivity contribution is 0.269. The Morgan fingerprint density at radius 1 is 1.57 bits per heavy atom. The zero-order valence-electron chi connectivity index (χ0n) is 8.19. The maximum absolute atomic E-state index is 8.86. The molecule has 1 aromatic rings. The van der Waals surface area contributed by atoms with Crippen molar-refractivity contribution in [2.45, 2.75) is 31.8 Å². The van der Waals surface area contributed by atoms with E-state index in [1.807, 2.05) is 4.57 Å². The maximum atomic E-state index is 8.86. The van der Waals surface area contributed by atoms with Crippen LogP contribution in [0.3, 0.4) is 0 Å². The first-order chi connectivity index (χ1) is 6.92. The van der Waals surface area contributed by atoms with Gasteiger partial charge in [0.05, 0.1) is 12.6 Å². The predicted molar refractivity (Wildman–Crippen MR) is 51.7 cm³/mol. The van der Waals surface area contributed by atoms with E-state index in [9.17, 15) is 0 Å². The predicted octanol–water partition coefficient (Wildman–Crippen LogP) is 0.0850. The number of hydrogen-bond acceptors (Lipinski definition) is 4. The third-order valence-electron chi connectivity index (χ3n) is 2.61. The fourth-order valence-corrected chi connectivity index (χ4v) is 1.89. The van der Waals surface area contributed by atoms with Gasteiger partial charge >= 0.3 is 0 Å². The lowest BCUT2D eigenvalue weighted by Crippen LogP contribution is -2.29. The normalized spacial score (nSPS) is 22.5. The molecule has 1 atom stereocenters. The molecule has 0 aromatic carbocycles. The van der Waals surface area contributed by atoms with Crippen molar-refractivity contribution in [3.05, 3.63) is 12.2 Å². The van der Waals surface area contributed by atoms with E-state index in [0.29, 0.717) is 12.6 Å². The largest absolute Gasteiger partial charge is 0.395 e. The molecule has 14 heavy (non-hydrogen) atoms. The molecule has 2 heterocycles. The molecule has 5 heteroatoms. The first-order valence-corrected chi connectivity index (χ1v) is 5.14. The van der Waals surface area contributed by atoms with Gasteiger partial charge in [0.2, 0.25) is 0 Å². The average Bonchev–Trinajstić information content (AvgIpc) is 2.68. The Balaban J connectivity index is 2.09.